The van der Waals surface area contributed by atoms with Crippen molar-refractivity contribution in [3.05, 3.63) is 16.9 Å². The molecular formula is C19H28N2O5. The molecule has 3 aliphatic rings. The van der Waals surface area contributed by atoms with Gasteiger partial charge in [-0.05, 0) is 25.0 Å². The van der Waals surface area contributed by atoms with Crippen molar-refractivity contribution in [3.63, 3.8) is 0 Å². The summed E-state index contributed by atoms with van der Waals surface area (Å²) in [6, 6.07) is 0. The van der Waals surface area contributed by atoms with E-state index < -0.39 is 0 Å². The molecule has 0 radical (unpaired) electrons. The van der Waals surface area contributed by atoms with Crippen LogP contribution in [-0.4, -0.2) is 75.6 Å². The third-order valence-electron chi connectivity index (χ3n) is 5.34. The average molecular weight is 364 g/mol. The highest BCUT2D eigenvalue weighted by Gasteiger charge is 2.70. The topological polar surface area (TPSA) is 68.3 Å². The first-order valence-electron chi connectivity index (χ1n) is 9.00. The molecule has 0 spiro atoms. The van der Waals surface area contributed by atoms with Crippen LogP contribution in [0.3, 0.4) is 0 Å². The summed E-state index contributed by atoms with van der Waals surface area (Å²) in [4.78, 5) is 26.5. The summed E-state index contributed by atoms with van der Waals surface area (Å²) < 4.78 is 17.0. The maximum Gasteiger partial charge on any atom is 0.409 e. The summed E-state index contributed by atoms with van der Waals surface area (Å²) in [5.74, 6) is 0.769. The van der Waals surface area contributed by atoms with Crippen LogP contribution in [0.2, 0.25) is 0 Å². The van der Waals surface area contributed by atoms with E-state index in [1.54, 1.807) is 28.2 Å². The van der Waals surface area contributed by atoms with Gasteiger partial charge in [0.15, 0.2) is 0 Å². The SMILES string of the molecule is CC(C)=C=C1[C@@H]2[C@@H]3O[C@@H]([C@@H](COC(=O)N(C)C)[C@H]3COC(=O)N(C)C)[C@H]12. The quantitative estimate of drug-likeness (QED) is 0.715. The van der Waals surface area contributed by atoms with E-state index in [0.717, 1.165) is 5.57 Å². The van der Waals surface area contributed by atoms with Gasteiger partial charge in [0.25, 0.3) is 0 Å². The van der Waals surface area contributed by atoms with Crippen molar-refractivity contribution in [2.75, 3.05) is 41.4 Å². The summed E-state index contributed by atoms with van der Waals surface area (Å²) in [6.45, 7) is 4.62. The molecule has 6 atom stereocenters. The molecule has 26 heavy (non-hydrogen) atoms. The molecule has 144 valence electrons. The molecule has 2 amide bonds. The van der Waals surface area contributed by atoms with Gasteiger partial charge in [-0.15, -0.1) is 5.73 Å². The van der Waals surface area contributed by atoms with E-state index in [-0.39, 0.29) is 49.4 Å². The lowest BCUT2D eigenvalue weighted by atomic mass is 9.80. The van der Waals surface area contributed by atoms with E-state index in [1.807, 2.05) is 13.8 Å². The molecule has 2 saturated heterocycles. The summed E-state index contributed by atoms with van der Waals surface area (Å²) in [6.07, 6.45) is -0.733. The maximum absolute atomic E-state index is 11.8. The largest absolute Gasteiger partial charge is 0.449 e. The van der Waals surface area contributed by atoms with Gasteiger partial charge in [0.2, 0.25) is 0 Å². The standard InChI is InChI=1S/C19H28N2O5/c1-10(2)7-11-14-15(11)17-13(9-25-19(23)21(5)6)12(16(14)26-17)8-24-18(22)20(3)4/h12-17H,8-9H2,1-6H3/t12-,13+,14+,15-,16-,17+. The van der Waals surface area contributed by atoms with Crippen LogP contribution >= 0.6 is 0 Å². The molecule has 0 aromatic heterocycles. The Balaban J connectivity index is 1.73. The van der Waals surface area contributed by atoms with Crippen LogP contribution in [0.25, 0.3) is 0 Å². The molecule has 1 saturated carbocycles. The van der Waals surface area contributed by atoms with Gasteiger partial charge >= 0.3 is 12.2 Å². The first-order valence-corrected chi connectivity index (χ1v) is 9.00. The minimum Gasteiger partial charge on any atom is -0.449 e. The fraction of sp³-hybridized carbons (Fsp3) is 0.737. The predicted octanol–water partition coefficient (Wildman–Crippen LogP) is 2.13. The van der Waals surface area contributed by atoms with Crippen LogP contribution in [0, 0.1) is 23.7 Å². The number of ether oxygens (including phenoxy) is 3. The van der Waals surface area contributed by atoms with Crippen LogP contribution in [0.15, 0.2) is 16.9 Å². The summed E-state index contributed by atoms with van der Waals surface area (Å²) in [5.41, 5.74) is 5.90. The highest BCUT2D eigenvalue weighted by atomic mass is 16.6. The highest BCUT2D eigenvalue weighted by molar-refractivity contribution is 5.67. The van der Waals surface area contributed by atoms with E-state index >= 15 is 0 Å². The van der Waals surface area contributed by atoms with Gasteiger partial charge in [-0.2, -0.15) is 0 Å². The second kappa shape index (κ2) is 6.97. The lowest BCUT2D eigenvalue weighted by Gasteiger charge is -2.27. The first kappa shape index (κ1) is 18.8. The van der Waals surface area contributed by atoms with Crippen molar-refractivity contribution in [1.82, 2.24) is 9.80 Å². The molecule has 2 aliphatic heterocycles. The zero-order valence-corrected chi connectivity index (χ0v) is 16.3. The van der Waals surface area contributed by atoms with Gasteiger partial charge in [-0.3, -0.25) is 0 Å². The minimum atomic E-state index is -0.371. The molecule has 2 bridgehead atoms. The monoisotopic (exact) mass is 364 g/mol. The molecule has 3 fully saturated rings. The lowest BCUT2D eigenvalue weighted by molar-refractivity contribution is 0.0486. The number of carbonyl (C=O) groups is 2. The molecule has 3 rings (SSSR count). The normalized spacial score (nSPS) is 33.2. The van der Waals surface area contributed by atoms with Gasteiger partial charge in [-0.25, -0.2) is 9.59 Å². The Morgan fingerprint density at radius 3 is 1.69 bits per heavy atom. The Labute approximate surface area is 154 Å². The Kier molecular flexibility index (Phi) is 5.04. The fourth-order valence-electron chi connectivity index (χ4n) is 4.13. The van der Waals surface area contributed by atoms with E-state index in [1.165, 1.54) is 15.4 Å². The van der Waals surface area contributed by atoms with Crippen molar-refractivity contribution in [3.8, 4) is 0 Å². The van der Waals surface area contributed by atoms with Crippen molar-refractivity contribution >= 4 is 12.2 Å². The second-order valence-electron chi connectivity index (χ2n) is 7.97. The molecule has 0 aromatic rings. The average Bonchev–Trinajstić information content (AvgIpc) is 2.97. The van der Waals surface area contributed by atoms with Crippen molar-refractivity contribution in [1.29, 1.82) is 0 Å². The molecule has 7 nitrogen and oxygen atoms in total. The van der Waals surface area contributed by atoms with Gasteiger partial charge in [0.1, 0.15) is 0 Å². The fourth-order valence-corrected chi connectivity index (χ4v) is 4.13. The van der Waals surface area contributed by atoms with Crippen molar-refractivity contribution < 1.29 is 23.8 Å². The van der Waals surface area contributed by atoms with Crippen LogP contribution in [0.4, 0.5) is 9.59 Å². The summed E-state index contributed by atoms with van der Waals surface area (Å²) in [7, 11) is 6.62. The van der Waals surface area contributed by atoms with Crippen LogP contribution in [0.1, 0.15) is 13.8 Å². The lowest BCUT2D eigenvalue weighted by Crippen LogP contribution is -2.38. The molecule has 2 heterocycles. The molecule has 0 N–H and O–H groups in total. The third-order valence-corrected chi connectivity index (χ3v) is 5.34. The number of hydrogen-bond donors (Lipinski definition) is 0. The molecule has 7 heteroatoms. The van der Waals surface area contributed by atoms with Crippen LogP contribution < -0.4 is 0 Å². The zero-order chi connectivity index (χ0) is 19.2. The number of carbonyl (C=O) groups excluding carboxylic acids is 2. The number of fused-ring (bicyclic) bond motifs is 5. The predicted molar refractivity (Wildman–Crippen MR) is 94.6 cm³/mol. The van der Waals surface area contributed by atoms with Gasteiger partial charge < -0.3 is 24.0 Å². The Morgan fingerprint density at radius 2 is 1.35 bits per heavy atom. The summed E-state index contributed by atoms with van der Waals surface area (Å²) >= 11 is 0. The number of hydrogen-bond acceptors (Lipinski definition) is 5. The molecular weight excluding hydrogens is 336 g/mol. The van der Waals surface area contributed by atoms with E-state index in [2.05, 4.69) is 5.73 Å². The van der Waals surface area contributed by atoms with Crippen LogP contribution in [-0.2, 0) is 14.2 Å². The van der Waals surface area contributed by atoms with E-state index in [0.29, 0.717) is 11.8 Å². The number of amides is 2. The smallest absolute Gasteiger partial charge is 0.409 e. The van der Waals surface area contributed by atoms with Crippen molar-refractivity contribution in [2.45, 2.75) is 26.1 Å². The Morgan fingerprint density at radius 1 is 0.923 bits per heavy atom. The Bertz CT molecular complexity index is 617. The van der Waals surface area contributed by atoms with E-state index in [9.17, 15) is 9.59 Å². The first-order chi connectivity index (χ1) is 12.2. The third kappa shape index (κ3) is 3.33. The molecule has 0 unspecified atom stereocenters. The highest BCUT2D eigenvalue weighted by Crippen LogP contribution is 2.66. The van der Waals surface area contributed by atoms with Gasteiger partial charge in [0, 0.05) is 51.9 Å². The number of rotatable bonds is 4. The molecule has 0 aromatic carbocycles. The zero-order valence-electron chi connectivity index (χ0n) is 16.3. The minimum absolute atomic E-state index is 0.00451. The van der Waals surface area contributed by atoms with Crippen molar-refractivity contribution in [2.24, 2.45) is 23.7 Å². The van der Waals surface area contributed by atoms with Crippen LogP contribution in [0.5, 0.6) is 0 Å². The second-order valence-corrected chi connectivity index (χ2v) is 7.97. The van der Waals surface area contributed by atoms with E-state index in [4.69, 9.17) is 14.2 Å². The molecule has 1 aliphatic carbocycles. The maximum atomic E-state index is 11.8. The summed E-state index contributed by atoms with van der Waals surface area (Å²) in [5, 5.41) is 0. The Hall–Kier alpha value is -1.98. The number of nitrogens with zero attached hydrogens (tertiary/aromatic N) is 2. The van der Waals surface area contributed by atoms with Gasteiger partial charge in [0.05, 0.1) is 25.4 Å². The van der Waals surface area contributed by atoms with Gasteiger partial charge in [-0.1, -0.05) is 0 Å².